The minimum Gasteiger partial charge on any atom is -0.493 e. The van der Waals surface area contributed by atoms with Crippen LogP contribution in [0, 0.1) is 0 Å². The lowest BCUT2D eigenvalue weighted by atomic mass is 9.87. The summed E-state index contributed by atoms with van der Waals surface area (Å²) in [5.41, 5.74) is 0.734. The normalized spacial score (nSPS) is 18.2. The van der Waals surface area contributed by atoms with Gasteiger partial charge in [-0.1, -0.05) is 6.07 Å². The molecular formula is C37H34O16. The van der Waals surface area contributed by atoms with Gasteiger partial charge in [-0.2, -0.15) is 0 Å². The fourth-order valence-corrected chi connectivity index (χ4v) is 5.98. The molecule has 0 aromatic heterocycles. The van der Waals surface area contributed by atoms with Gasteiger partial charge in [0.25, 0.3) is 0 Å². The first-order valence-corrected chi connectivity index (χ1v) is 16.0. The van der Waals surface area contributed by atoms with Gasteiger partial charge in [0.2, 0.25) is 11.9 Å². The molecule has 53 heavy (non-hydrogen) atoms. The van der Waals surface area contributed by atoms with Crippen molar-refractivity contribution >= 4 is 41.6 Å². The first kappa shape index (κ1) is 37.8. The molecule has 0 N–H and O–H groups in total. The quantitative estimate of drug-likeness (QED) is 0.209. The topological polar surface area (TPSA) is 203 Å². The Labute approximate surface area is 302 Å². The molecule has 0 saturated carbocycles. The average Bonchev–Trinajstić information content (AvgIpc) is 3.42. The maximum absolute atomic E-state index is 14.1. The number of ether oxygens (including phenoxy) is 9. The summed E-state index contributed by atoms with van der Waals surface area (Å²) < 4.78 is 50.3. The molecule has 0 aliphatic carbocycles. The molecule has 0 saturated heterocycles. The van der Waals surface area contributed by atoms with Crippen LogP contribution in [0.25, 0.3) is 0 Å². The van der Waals surface area contributed by atoms with Crippen LogP contribution >= 0.6 is 0 Å². The first-order chi connectivity index (χ1) is 25.1. The SMILES string of the molecule is COc1cc([C@@H]2Oc3c(OC(C)=O)cc([C@H]4Oc5cc(OC(C)=O)cc(OC(C)=O)c5C(=O)[C@@H]4OC(C)=O)cc3[C@H]2COC(C)=O)ccc1OC(C)=O. The highest BCUT2D eigenvalue weighted by Crippen LogP contribution is 2.54. The second-order valence-electron chi connectivity index (χ2n) is 11.9. The molecule has 0 spiro atoms. The molecule has 2 aliphatic rings. The van der Waals surface area contributed by atoms with E-state index in [1.165, 1.54) is 39.2 Å². The van der Waals surface area contributed by atoms with Gasteiger partial charge in [0.05, 0.1) is 13.0 Å². The number of methoxy groups -OCH3 is 1. The van der Waals surface area contributed by atoms with Crippen molar-refractivity contribution in [3.8, 4) is 40.2 Å². The lowest BCUT2D eigenvalue weighted by molar-refractivity contribution is -0.149. The standard InChI is InChI=1S/C37H34O16/c1-16(38)46-15-26-25-10-23(12-31(50-20(5)42)36(25)53-34(26)22-8-9-27(48-18(3)40)28(11-22)45-7)35-37(51-21(6)43)33(44)32-29(49-19(4)41)13-24(47-17(2)39)14-30(32)52-35/h8-14,26,34-35,37H,15H2,1-7H3/t26-,34+,35-,37+/m1/s1. The smallest absolute Gasteiger partial charge is 0.308 e. The Morgan fingerprint density at radius 3 is 1.85 bits per heavy atom. The lowest BCUT2D eigenvalue weighted by Gasteiger charge is -2.33. The van der Waals surface area contributed by atoms with Gasteiger partial charge >= 0.3 is 35.8 Å². The van der Waals surface area contributed by atoms with Crippen LogP contribution in [0.2, 0.25) is 0 Å². The molecule has 0 fully saturated rings. The maximum atomic E-state index is 14.1. The Morgan fingerprint density at radius 2 is 1.25 bits per heavy atom. The predicted octanol–water partition coefficient (Wildman–Crippen LogP) is 4.42. The zero-order valence-corrected chi connectivity index (χ0v) is 29.6. The molecule has 2 heterocycles. The van der Waals surface area contributed by atoms with E-state index in [0.29, 0.717) is 11.1 Å². The zero-order chi connectivity index (χ0) is 38.7. The van der Waals surface area contributed by atoms with E-state index in [2.05, 4.69) is 0 Å². The number of hydrogen-bond donors (Lipinski definition) is 0. The Morgan fingerprint density at radius 1 is 0.623 bits per heavy atom. The van der Waals surface area contributed by atoms with Crippen LogP contribution in [0.4, 0.5) is 0 Å². The van der Waals surface area contributed by atoms with Gasteiger partial charge in [0, 0.05) is 64.8 Å². The minimum absolute atomic E-state index is 0.0926. The maximum Gasteiger partial charge on any atom is 0.308 e. The van der Waals surface area contributed by atoms with Crippen molar-refractivity contribution in [1.29, 1.82) is 0 Å². The number of ketones is 1. The van der Waals surface area contributed by atoms with Crippen molar-refractivity contribution in [2.45, 2.75) is 65.8 Å². The van der Waals surface area contributed by atoms with Crippen LogP contribution in [0.5, 0.6) is 40.2 Å². The van der Waals surface area contributed by atoms with Crippen LogP contribution in [0.1, 0.15) is 86.7 Å². The van der Waals surface area contributed by atoms with Crippen molar-refractivity contribution < 1.29 is 76.2 Å². The van der Waals surface area contributed by atoms with E-state index in [-0.39, 0.29) is 58.0 Å². The zero-order valence-electron chi connectivity index (χ0n) is 29.6. The highest BCUT2D eigenvalue weighted by Gasteiger charge is 2.46. The van der Waals surface area contributed by atoms with Crippen molar-refractivity contribution in [3.63, 3.8) is 0 Å². The number of esters is 6. The summed E-state index contributed by atoms with van der Waals surface area (Å²) in [6, 6.07) is 9.98. The molecule has 5 rings (SSSR count). The average molecular weight is 735 g/mol. The molecule has 278 valence electrons. The second-order valence-corrected chi connectivity index (χ2v) is 11.9. The Kier molecular flexibility index (Phi) is 11.0. The molecule has 0 radical (unpaired) electrons. The van der Waals surface area contributed by atoms with Crippen molar-refractivity contribution in [1.82, 2.24) is 0 Å². The third-order valence-corrected chi connectivity index (χ3v) is 7.82. The van der Waals surface area contributed by atoms with E-state index < -0.39 is 65.8 Å². The summed E-state index contributed by atoms with van der Waals surface area (Å²) in [5.74, 6) is -6.17. The number of rotatable bonds is 10. The number of Topliss-reactive ketones (excluding diaryl/α,β-unsaturated/α-hetero) is 1. The van der Waals surface area contributed by atoms with Crippen molar-refractivity contribution in [3.05, 3.63) is 64.7 Å². The van der Waals surface area contributed by atoms with Gasteiger partial charge < -0.3 is 42.6 Å². The summed E-state index contributed by atoms with van der Waals surface area (Å²) in [6.45, 7) is 6.70. The van der Waals surface area contributed by atoms with Crippen LogP contribution in [-0.2, 0) is 38.2 Å². The highest BCUT2D eigenvalue weighted by atomic mass is 16.6. The summed E-state index contributed by atoms with van der Waals surface area (Å²) >= 11 is 0. The molecule has 16 nitrogen and oxygen atoms in total. The molecular weight excluding hydrogens is 700 g/mol. The second kappa shape index (κ2) is 15.4. The van der Waals surface area contributed by atoms with Gasteiger partial charge in [0.1, 0.15) is 35.5 Å². The molecule has 0 unspecified atom stereocenters. The number of carbonyl (C=O) groups excluding carboxylic acids is 7. The van der Waals surface area contributed by atoms with Crippen LogP contribution in [0.15, 0.2) is 42.5 Å². The monoisotopic (exact) mass is 734 g/mol. The van der Waals surface area contributed by atoms with Gasteiger partial charge in [-0.25, -0.2) is 0 Å². The third-order valence-electron chi connectivity index (χ3n) is 7.82. The van der Waals surface area contributed by atoms with E-state index in [1.807, 2.05) is 0 Å². The van der Waals surface area contributed by atoms with Crippen LogP contribution < -0.4 is 33.2 Å². The lowest BCUT2D eigenvalue weighted by Crippen LogP contribution is -2.40. The van der Waals surface area contributed by atoms with Crippen LogP contribution in [-0.4, -0.2) is 61.4 Å². The highest BCUT2D eigenvalue weighted by molar-refractivity contribution is 6.07. The number of hydrogen-bond acceptors (Lipinski definition) is 16. The minimum atomic E-state index is -1.67. The Balaban J connectivity index is 1.68. The third kappa shape index (κ3) is 8.38. The number of benzene rings is 3. The van der Waals surface area contributed by atoms with Gasteiger partial charge in [-0.3, -0.25) is 33.6 Å². The van der Waals surface area contributed by atoms with E-state index >= 15 is 0 Å². The Bertz CT molecular complexity index is 2030. The molecule has 3 aromatic rings. The summed E-state index contributed by atoms with van der Waals surface area (Å²) in [4.78, 5) is 86.4. The van der Waals surface area contributed by atoms with E-state index in [4.69, 9.17) is 42.6 Å². The fourth-order valence-electron chi connectivity index (χ4n) is 5.98. The number of carbonyl (C=O) groups is 7. The van der Waals surface area contributed by atoms with Crippen molar-refractivity contribution in [2.75, 3.05) is 13.7 Å². The molecule has 0 bridgehead atoms. The van der Waals surface area contributed by atoms with E-state index in [1.54, 1.807) is 18.2 Å². The first-order valence-electron chi connectivity index (χ1n) is 16.0. The molecule has 0 amide bonds. The van der Waals surface area contributed by atoms with E-state index in [9.17, 15) is 33.6 Å². The molecule has 2 aliphatic heterocycles. The van der Waals surface area contributed by atoms with Crippen LogP contribution in [0.3, 0.4) is 0 Å². The van der Waals surface area contributed by atoms with Gasteiger partial charge in [-0.15, -0.1) is 0 Å². The molecule has 16 heteroatoms. The molecule has 4 atom stereocenters. The van der Waals surface area contributed by atoms with Crippen molar-refractivity contribution in [2.24, 2.45) is 0 Å². The van der Waals surface area contributed by atoms with Gasteiger partial charge in [-0.05, 0) is 29.8 Å². The summed E-state index contributed by atoms with van der Waals surface area (Å²) in [5, 5.41) is 0. The largest absolute Gasteiger partial charge is 0.493 e. The predicted molar refractivity (Wildman–Crippen MR) is 177 cm³/mol. The van der Waals surface area contributed by atoms with Gasteiger partial charge in [0.15, 0.2) is 29.1 Å². The van der Waals surface area contributed by atoms with E-state index in [0.717, 1.165) is 33.8 Å². The Hall–Kier alpha value is -6.45. The fraction of sp³-hybridized carbons (Fsp3) is 0.324. The molecule has 3 aromatic carbocycles. The summed E-state index contributed by atoms with van der Waals surface area (Å²) in [7, 11) is 1.38. The summed E-state index contributed by atoms with van der Waals surface area (Å²) in [6.07, 6.45) is -3.99. The number of fused-ring (bicyclic) bond motifs is 2.